The first-order valence-electron chi connectivity index (χ1n) is 1.49. The summed E-state index contributed by atoms with van der Waals surface area (Å²) >= 11 is 0. The predicted molar refractivity (Wildman–Crippen MR) is 23.7 cm³/mol. The second-order valence-electron chi connectivity index (χ2n) is 0.747. The van der Waals surface area contributed by atoms with E-state index in [1.807, 2.05) is 0 Å². The Hall–Kier alpha value is 0.0674. The number of rotatable bonds is 1. The van der Waals surface area contributed by atoms with Crippen molar-refractivity contribution in [1.29, 1.82) is 0 Å². The molecule has 0 aromatic rings. The van der Waals surface area contributed by atoms with E-state index in [-0.39, 0.29) is 25.3 Å². The van der Waals surface area contributed by atoms with Gasteiger partial charge in [0.05, 0.1) is 0 Å². The Balaban J connectivity index is 0. The largest absolute Gasteiger partial charge is 0.481 e. The van der Waals surface area contributed by atoms with Gasteiger partial charge in [-0.1, -0.05) is 6.92 Å². The van der Waals surface area contributed by atoms with E-state index in [0.717, 1.165) is 0 Å². The number of carbonyl (C=O) groups is 1. The van der Waals surface area contributed by atoms with Crippen LogP contribution in [0.2, 0.25) is 0 Å². The summed E-state index contributed by atoms with van der Waals surface area (Å²) in [7, 11) is 0. The molecule has 0 saturated carbocycles. The summed E-state index contributed by atoms with van der Waals surface area (Å²) in [5.74, 6) is -0.745. The van der Waals surface area contributed by atoms with Gasteiger partial charge in [0.25, 0.3) is 0 Å². The SMILES string of the molecule is CCC(=O)O.[Li]. The van der Waals surface area contributed by atoms with Gasteiger partial charge in [-0.2, -0.15) is 0 Å². The van der Waals surface area contributed by atoms with E-state index < -0.39 is 5.97 Å². The molecular formula is C3H6LiO2. The summed E-state index contributed by atoms with van der Waals surface area (Å²) in [4.78, 5) is 9.37. The van der Waals surface area contributed by atoms with Crippen molar-refractivity contribution in [3.63, 3.8) is 0 Å². The van der Waals surface area contributed by atoms with Crippen molar-refractivity contribution in [3.05, 3.63) is 0 Å². The zero-order valence-corrected chi connectivity index (χ0v) is 4.06. The second kappa shape index (κ2) is 5.07. The summed E-state index contributed by atoms with van der Waals surface area (Å²) in [5, 5.41) is 7.72. The van der Waals surface area contributed by atoms with Gasteiger partial charge in [0, 0.05) is 25.3 Å². The average Bonchev–Trinajstić information content (AvgIpc) is 1.38. The van der Waals surface area contributed by atoms with E-state index in [4.69, 9.17) is 5.11 Å². The second-order valence-corrected chi connectivity index (χ2v) is 0.747. The molecule has 0 saturated heterocycles. The first-order chi connectivity index (χ1) is 2.27. The third-order valence-corrected chi connectivity index (χ3v) is 0.302. The average molecular weight is 81.0 g/mol. The Kier molecular flexibility index (Phi) is 7.95. The molecule has 3 heteroatoms. The Morgan fingerprint density at radius 3 is 2.00 bits per heavy atom. The van der Waals surface area contributed by atoms with E-state index in [1.165, 1.54) is 0 Å². The first kappa shape index (κ1) is 9.42. The van der Waals surface area contributed by atoms with Crippen LogP contribution in [0.15, 0.2) is 0 Å². The molecule has 0 bridgehead atoms. The molecule has 1 radical (unpaired) electrons. The zero-order valence-electron chi connectivity index (χ0n) is 4.06. The van der Waals surface area contributed by atoms with Gasteiger partial charge in [-0.3, -0.25) is 4.79 Å². The van der Waals surface area contributed by atoms with Crippen molar-refractivity contribution >= 4 is 24.8 Å². The van der Waals surface area contributed by atoms with Crippen molar-refractivity contribution in [2.45, 2.75) is 13.3 Å². The monoisotopic (exact) mass is 81.1 g/mol. The Labute approximate surface area is 48.7 Å². The Bertz CT molecular complexity index is 44.1. The fourth-order valence-electron chi connectivity index (χ4n) is 0. The van der Waals surface area contributed by atoms with Crippen LogP contribution in [0, 0.1) is 0 Å². The Morgan fingerprint density at radius 2 is 2.00 bits per heavy atom. The molecule has 0 aromatic carbocycles. The number of carboxylic acid groups (broad SMARTS) is 1. The fraction of sp³-hybridized carbons (Fsp3) is 0.667. The normalized spacial score (nSPS) is 6.17. The number of carboxylic acids is 1. The molecule has 0 spiro atoms. The van der Waals surface area contributed by atoms with Gasteiger partial charge in [0.15, 0.2) is 0 Å². The third-order valence-electron chi connectivity index (χ3n) is 0.302. The summed E-state index contributed by atoms with van der Waals surface area (Å²) in [6.07, 6.45) is 0.222. The van der Waals surface area contributed by atoms with Crippen LogP contribution < -0.4 is 0 Å². The predicted octanol–water partition coefficient (Wildman–Crippen LogP) is 0.100. The summed E-state index contributed by atoms with van der Waals surface area (Å²) in [6, 6.07) is 0. The standard InChI is InChI=1S/C3H6O2.Li/c1-2-3(4)5;/h2H2,1H3,(H,4,5);. The van der Waals surface area contributed by atoms with Crippen LogP contribution in [0.3, 0.4) is 0 Å². The van der Waals surface area contributed by atoms with Crippen LogP contribution in [0.4, 0.5) is 0 Å². The maximum absolute atomic E-state index is 9.37. The van der Waals surface area contributed by atoms with Crippen LogP contribution in [-0.4, -0.2) is 29.9 Å². The van der Waals surface area contributed by atoms with Crippen LogP contribution >= 0.6 is 0 Å². The minimum Gasteiger partial charge on any atom is -0.481 e. The number of aliphatic carboxylic acids is 1. The molecule has 1 N–H and O–H groups in total. The summed E-state index contributed by atoms with van der Waals surface area (Å²) in [6.45, 7) is 1.60. The van der Waals surface area contributed by atoms with Crippen LogP contribution in [0.25, 0.3) is 0 Å². The van der Waals surface area contributed by atoms with Crippen LogP contribution in [0.1, 0.15) is 13.3 Å². The molecule has 0 atom stereocenters. The van der Waals surface area contributed by atoms with Crippen molar-refractivity contribution in [2.24, 2.45) is 0 Å². The van der Waals surface area contributed by atoms with Gasteiger partial charge in [-0.25, -0.2) is 0 Å². The molecular weight excluding hydrogens is 75.0 g/mol. The molecule has 0 fully saturated rings. The maximum atomic E-state index is 9.37. The van der Waals surface area contributed by atoms with Crippen molar-refractivity contribution in [1.82, 2.24) is 0 Å². The maximum Gasteiger partial charge on any atom is 0.303 e. The number of hydrogen-bond donors (Lipinski definition) is 1. The Morgan fingerprint density at radius 1 is 1.83 bits per heavy atom. The van der Waals surface area contributed by atoms with Crippen molar-refractivity contribution < 1.29 is 9.90 Å². The summed E-state index contributed by atoms with van der Waals surface area (Å²) in [5.41, 5.74) is 0. The molecule has 0 aliphatic rings. The fourth-order valence-corrected chi connectivity index (χ4v) is 0. The first-order valence-corrected chi connectivity index (χ1v) is 1.49. The van der Waals surface area contributed by atoms with E-state index in [9.17, 15) is 4.79 Å². The molecule has 0 rings (SSSR count). The molecule has 31 valence electrons. The molecule has 6 heavy (non-hydrogen) atoms. The van der Waals surface area contributed by atoms with Crippen molar-refractivity contribution in [2.75, 3.05) is 0 Å². The van der Waals surface area contributed by atoms with E-state index >= 15 is 0 Å². The molecule has 0 aliphatic heterocycles. The van der Waals surface area contributed by atoms with Gasteiger partial charge in [-0.05, 0) is 0 Å². The van der Waals surface area contributed by atoms with Gasteiger partial charge in [0.1, 0.15) is 0 Å². The van der Waals surface area contributed by atoms with Gasteiger partial charge >= 0.3 is 5.97 Å². The van der Waals surface area contributed by atoms with Gasteiger partial charge in [0.2, 0.25) is 0 Å². The minimum atomic E-state index is -0.745. The molecule has 0 aliphatic carbocycles. The molecule has 0 aromatic heterocycles. The van der Waals surface area contributed by atoms with Crippen LogP contribution in [-0.2, 0) is 4.79 Å². The summed E-state index contributed by atoms with van der Waals surface area (Å²) < 4.78 is 0. The van der Waals surface area contributed by atoms with Gasteiger partial charge in [-0.15, -0.1) is 0 Å². The molecule has 0 heterocycles. The van der Waals surface area contributed by atoms with E-state index in [1.54, 1.807) is 6.92 Å². The van der Waals surface area contributed by atoms with E-state index in [2.05, 4.69) is 0 Å². The third kappa shape index (κ3) is 8.95. The molecule has 0 unspecified atom stereocenters. The minimum absolute atomic E-state index is 0. The van der Waals surface area contributed by atoms with E-state index in [0.29, 0.717) is 0 Å². The van der Waals surface area contributed by atoms with Gasteiger partial charge < -0.3 is 5.11 Å². The topological polar surface area (TPSA) is 37.3 Å². The quantitative estimate of drug-likeness (QED) is 0.454. The van der Waals surface area contributed by atoms with Crippen molar-refractivity contribution in [3.8, 4) is 0 Å². The molecule has 2 nitrogen and oxygen atoms in total. The molecule has 0 amide bonds. The van der Waals surface area contributed by atoms with Crippen LogP contribution in [0.5, 0.6) is 0 Å². The number of hydrogen-bond acceptors (Lipinski definition) is 1. The smallest absolute Gasteiger partial charge is 0.303 e. The zero-order chi connectivity index (χ0) is 4.28.